The summed E-state index contributed by atoms with van der Waals surface area (Å²) in [6, 6.07) is -1.09. The molecule has 0 aromatic heterocycles. The fourth-order valence-corrected chi connectivity index (χ4v) is 1.65. The van der Waals surface area contributed by atoms with Gasteiger partial charge in [0.05, 0.1) is 6.04 Å². The van der Waals surface area contributed by atoms with Crippen molar-refractivity contribution in [3.8, 4) is 0 Å². The highest BCUT2D eigenvalue weighted by molar-refractivity contribution is 5.79. The highest BCUT2D eigenvalue weighted by Crippen LogP contribution is 2.28. The molecule has 1 heterocycles. The Balaban J connectivity index is 2.64. The van der Waals surface area contributed by atoms with E-state index in [1.165, 1.54) is 0 Å². The van der Waals surface area contributed by atoms with Crippen LogP contribution in [0.2, 0.25) is 0 Å². The predicted octanol–water partition coefficient (Wildman–Crippen LogP) is 2.11. The summed E-state index contributed by atoms with van der Waals surface area (Å²) in [5, 5.41) is 2.68. The molecular weight excluding hydrogens is 216 g/mol. The Morgan fingerprint density at radius 2 is 1.94 bits per heavy atom. The number of esters is 1. The number of hydrogen-bond acceptors (Lipinski definition) is 3. The van der Waals surface area contributed by atoms with E-state index in [1.54, 1.807) is 20.8 Å². The molecule has 1 rings (SSSR count). The van der Waals surface area contributed by atoms with E-state index in [0.29, 0.717) is 13.0 Å². The molecule has 3 nitrogen and oxygen atoms in total. The van der Waals surface area contributed by atoms with E-state index in [-0.39, 0.29) is 0 Å². The first-order chi connectivity index (χ1) is 7.23. The second-order valence-corrected chi connectivity index (χ2v) is 5.13. The molecule has 1 fully saturated rings. The maximum absolute atomic E-state index is 13.7. The van der Waals surface area contributed by atoms with Gasteiger partial charge in [0, 0.05) is 0 Å². The van der Waals surface area contributed by atoms with Crippen molar-refractivity contribution in [2.45, 2.75) is 57.6 Å². The maximum atomic E-state index is 13.7. The highest BCUT2D eigenvalue weighted by Gasteiger charge is 2.50. The molecule has 0 radical (unpaired) electrons. The standard InChI is InChI=1S/C11H19F2NO2/c1-10(2,3)16-9(15)11(12,13)8-6-4-5-7-14-8/h8,14H,4-7H2,1-3H3. The quantitative estimate of drug-likeness (QED) is 0.745. The number of nitrogens with one attached hydrogen (secondary N) is 1. The van der Waals surface area contributed by atoms with E-state index in [0.717, 1.165) is 12.8 Å². The number of carbonyl (C=O) groups is 1. The van der Waals surface area contributed by atoms with Crippen LogP contribution in [-0.2, 0) is 9.53 Å². The molecule has 1 aliphatic heterocycles. The molecule has 0 spiro atoms. The summed E-state index contributed by atoms with van der Waals surface area (Å²) < 4.78 is 32.1. The monoisotopic (exact) mass is 235 g/mol. The first-order valence-electron chi connectivity index (χ1n) is 5.58. The van der Waals surface area contributed by atoms with Crippen LogP contribution in [0.15, 0.2) is 0 Å². The molecule has 0 amide bonds. The van der Waals surface area contributed by atoms with Crippen LogP contribution in [0.4, 0.5) is 8.78 Å². The van der Waals surface area contributed by atoms with Gasteiger partial charge in [0.1, 0.15) is 5.60 Å². The van der Waals surface area contributed by atoms with Crippen molar-refractivity contribution in [1.82, 2.24) is 5.32 Å². The number of piperidine rings is 1. The molecule has 0 aliphatic carbocycles. The third-order valence-corrected chi connectivity index (χ3v) is 2.42. The summed E-state index contributed by atoms with van der Waals surface area (Å²) in [4.78, 5) is 11.4. The predicted molar refractivity (Wildman–Crippen MR) is 56.4 cm³/mol. The molecule has 1 aliphatic rings. The zero-order valence-corrected chi connectivity index (χ0v) is 9.98. The van der Waals surface area contributed by atoms with E-state index in [1.807, 2.05) is 0 Å². The van der Waals surface area contributed by atoms with Crippen LogP contribution in [0.5, 0.6) is 0 Å². The second-order valence-electron chi connectivity index (χ2n) is 5.13. The molecule has 0 aromatic carbocycles. The first kappa shape index (κ1) is 13.4. The van der Waals surface area contributed by atoms with Crippen molar-refractivity contribution >= 4 is 5.97 Å². The SMILES string of the molecule is CC(C)(C)OC(=O)C(F)(F)C1CCCCN1. The summed E-state index contributed by atoms with van der Waals surface area (Å²) in [5.41, 5.74) is -0.880. The Labute approximate surface area is 94.5 Å². The van der Waals surface area contributed by atoms with Crippen LogP contribution in [0.25, 0.3) is 0 Å². The van der Waals surface area contributed by atoms with Crippen molar-refractivity contribution in [3.05, 3.63) is 0 Å². The van der Waals surface area contributed by atoms with Crippen LogP contribution in [0.3, 0.4) is 0 Å². The minimum Gasteiger partial charge on any atom is -0.455 e. The lowest BCUT2D eigenvalue weighted by molar-refractivity contribution is -0.188. The molecule has 0 aromatic rings. The zero-order chi connectivity index (χ0) is 12.4. The molecule has 1 atom stereocenters. The van der Waals surface area contributed by atoms with Gasteiger partial charge in [0.25, 0.3) is 0 Å². The van der Waals surface area contributed by atoms with Crippen LogP contribution in [-0.4, -0.2) is 30.1 Å². The van der Waals surface area contributed by atoms with E-state index < -0.39 is 23.5 Å². The van der Waals surface area contributed by atoms with Crippen LogP contribution >= 0.6 is 0 Å². The van der Waals surface area contributed by atoms with Crippen LogP contribution in [0, 0.1) is 0 Å². The molecule has 1 N–H and O–H groups in total. The highest BCUT2D eigenvalue weighted by atomic mass is 19.3. The number of ether oxygens (including phenoxy) is 1. The van der Waals surface area contributed by atoms with Gasteiger partial charge in [-0.3, -0.25) is 0 Å². The first-order valence-corrected chi connectivity index (χ1v) is 5.58. The maximum Gasteiger partial charge on any atom is 0.379 e. The van der Waals surface area contributed by atoms with Gasteiger partial charge in [-0.15, -0.1) is 0 Å². The van der Waals surface area contributed by atoms with Gasteiger partial charge in [-0.05, 0) is 40.2 Å². The van der Waals surface area contributed by atoms with Gasteiger partial charge in [-0.1, -0.05) is 6.42 Å². The average molecular weight is 235 g/mol. The Bertz CT molecular complexity index is 255. The van der Waals surface area contributed by atoms with Gasteiger partial charge in [-0.25, -0.2) is 4.79 Å². The van der Waals surface area contributed by atoms with Crippen molar-refractivity contribution in [1.29, 1.82) is 0 Å². The van der Waals surface area contributed by atoms with Gasteiger partial charge >= 0.3 is 11.9 Å². The summed E-state index contributed by atoms with van der Waals surface area (Å²) in [7, 11) is 0. The van der Waals surface area contributed by atoms with Gasteiger partial charge in [0.2, 0.25) is 0 Å². The molecule has 0 bridgehead atoms. The third-order valence-electron chi connectivity index (χ3n) is 2.42. The Kier molecular flexibility index (Phi) is 3.88. The number of hydrogen-bond donors (Lipinski definition) is 1. The van der Waals surface area contributed by atoms with Crippen molar-refractivity contribution < 1.29 is 18.3 Å². The lowest BCUT2D eigenvalue weighted by Gasteiger charge is -2.31. The van der Waals surface area contributed by atoms with Crippen molar-refractivity contribution in [2.75, 3.05) is 6.54 Å². The molecule has 5 heteroatoms. The van der Waals surface area contributed by atoms with E-state index in [4.69, 9.17) is 4.74 Å². The van der Waals surface area contributed by atoms with Crippen LogP contribution in [0.1, 0.15) is 40.0 Å². The average Bonchev–Trinajstić information content (AvgIpc) is 2.16. The summed E-state index contributed by atoms with van der Waals surface area (Å²) >= 11 is 0. The fourth-order valence-electron chi connectivity index (χ4n) is 1.65. The molecule has 1 saturated heterocycles. The van der Waals surface area contributed by atoms with Gasteiger partial charge < -0.3 is 10.1 Å². The number of rotatable bonds is 2. The Morgan fingerprint density at radius 1 is 1.31 bits per heavy atom. The molecule has 94 valence electrons. The van der Waals surface area contributed by atoms with Gasteiger partial charge in [-0.2, -0.15) is 8.78 Å². The molecule has 0 saturated carbocycles. The normalized spacial score (nSPS) is 22.9. The van der Waals surface area contributed by atoms with Crippen LogP contribution < -0.4 is 5.32 Å². The van der Waals surface area contributed by atoms with Crippen molar-refractivity contribution in [3.63, 3.8) is 0 Å². The van der Waals surface area contributed by atoms with Gasteiger partial charge in [0.15, 0.2) is 0 Å². The third kappa shape index (κ3) is 3.40. The zero-order valence-electron chi connectivity index (χ0n) is 9.98. The Hall–Kier alpha value is -0.710. The summed E-state index contributed by atoms with van der Waals surface area (Å²) in [5.74, 6) is -4.87. The lowest BCUT2D eigenvalue weighted by atomic mass is 9.99. The number of halogens is 2. The minimum atomic E-state index is -3.44. The Morgan fingerprint density at radius 3 is 2.38 bits per heavy atom. The largest absolute Gasteiger partial charge is 0.455 e. The number of carbonyl (C=O) groups excluding carboxylic acids is 1. The molecule has 1 unspecified atom stereocenters. The minimum absolute atomic E-state index is 0.312. The lowest BCUT2D eigenvalue weighted by Crippen LogP contribution is -2.53. The summed E-state index contributed by atoms with van der Waals surface area (Å²) in [6.07, 6.45) is 1.91. The van der Waals surface area contributed by atoms with E-state index >= 15 is 0 Å². The fraction of sp³-hybridized carbons (Fsp3) is 0.909. The molecular formula is C11H19F2NO2. The van der Waals surface area contributed by atoms with E-state index in [2.05, 4.69) is 5.32 Å². The second kappa shape index (κ2) is 4.65. The smallest absolute Gasteiger partial charge is 0.379 e. The van der Waals surface area contributed by atoms with E-state index in [9.17, 15) is 13.6 Å². The topological polar surface area (TPSA) is 38.3 Å². The number of alkyl halides is 2. The summed E-state index contributed by atoms with van der Waals surface area (Å²) in [6.45, 7) is 5.27. The molecule has 16 heavy (non-hydrogen) atoms. The van der Waals surface area contributed by atoms with Crippen molar-refractivity contribution in [2.24, 2.45) is 0 Å².